The van der Waals surface area contributed by atoms with E-state index >= 15 is 0 Å². The van der Waals surface area contributed by atoms with Gasteiger partial charge in [-0.3, -0.25) is 9.88 Å². The predicted octanol–water partition coefficient (Wildman–Crippen LogP) is 4.75. The summed E-state index contributed by atoms with van der Waals surface area (Å²) in [5.74, 6) is -0.316. The van der Waals surface area contributed by atoms with Crippen molar-refractivity contribution in [2.75, 3.05) is 33.3 Å². The van der Waals surface area contributed by atoms with Gasteiger partial charge in [0, 0.05) is 36.6 Å². The first-order chi connectivity index (χ1) is 15.7. The van der Waals surface area contributed by atoms with Crippen LogP contribution in [-0.4, -0.2) is 60.1 Å². The zero-order valence-corrected chi connectivity index (χ0v) is 18.8. The van der Waals surface area contributed by atoms with Gasteiger partial charge < -0.3 is 9.64 Å². The maximum atomic E-state index is 13.1. The number of hydrogen-bond acceptors (Lipinski definition) is 5. The lowest BCUT2D eigenvalue weighted by molar-refractivity contribution is 0.0597. The average Bonchev–Trinajstić information content (AvgIpc) is 3.39. The quantitative estimate of drug-likeness (QED) is 0.548. The minimum Gasteiger partial charge on any atom is -0.465 e. The molecule has 0 bridgehead atoms. The SMILES string of the molecule is COC(=O)c1c(CN2CCC(N3CCCC3)CC2)nc2ccccc2c1-c1ccccc1. The van der Waals surface area contributed by atoms with Crippen molar-refractivity contribution in [3.05, 3.63) is 65.9 Å². The molecule has 2 aromatic carbocycles. The molecule has 32 heavy (non-hydrogen) atoms. The molecule has 2 fully saturated rings. The number of esters is 1. The van der Waals surface area contributed by atoms with E-state index in [1.807, 2.05) is 42.5 Å². The van der Waals surface area contributed by atoms with Crippen LogP contribution >= 0.6 is 0 Å². The van der Waals surface area contributed by atoms with E-state index in [9.17, 15) is 4.79 Å². The Hall–Kier alpha value is -2.76. The van der Waals surface area contributed by atoms with Crippen LogP contribution in [0.2, 0.25) is 0 Å². The van der Waals surface area contributed by atoms with E-state index in [0.717, 1.165) is 40.8 Å². The maximum absolute atomic E-state index is 13.1. The first kappa shape index (κ1) is 21.1. The Bertz CT molecular complexity index is 1080. The highest BCUT2D eigenvalue weighted by molar-refractivity contribution is 6.07. The molecule has 5 nitrogen and oxygen atoms in total. The molecule has 5 rings (SSSR count). The molecule has 5 heteroatoms. The van der Waals surface area contributed by atoms with Crippen molar-refractivity contribution in [3.63, 3.8) is 0 Å². The lowest BCUT2D eigenvalue weighted by atomic mass is 9.93. The van der Waals surface area contributed by atoms with E-state index in [1.54, 1.807) is 0 Å². The molecule has 166 valence electrons. The summed E-state index contributed by atoms with van der Waals surface area (Å²) >= 11 is 0. The lowest BCUT2D eigenvalue weighted by Gasteiger charge is -2.36. The van der Waals surface area contributed by atoms with Gasteiger partial charge in [0.2, 0.25) is 0 Å². The molecule has 0 radical (unpaired) electrons. The third-order valence-corrected chi connectivity index (χ3v) is 7.01. The molecule has 3 heterocycles. The number of fused-ring (bicyclic) bond motifs is 1. The second-order valence-corrected chi connectivity index (χ2v) is 8.93. The molecule has 2 saturated heterocycles. The fourth-order valence-corrected chi connectivity index (χ4v) is 5.36. The molecule has 0 amide bonds. The standard InChI is InChI=1S/C27H31N3O2/c1-32-27(31)26-24(19-29-17-13-21(14-18-29)30-15-7-8-16-30)28-23-12-6-5-11-22(23)25(26)20-9-3-2-4-10-20/h2-6,9-12,21H,7-8,13-19H2,1H3. The van der Waals surface area contributed by atoms with E-state index < -0.39 is 0 Å². The van der Waals surface area contributed by atoms with Crippen LogP contribution in [0.1, 0.15) is 41.7 Å². The van der Waals surface area contributed by atoms with Crippen molar-refractivity contribution in [2.45, 2.75) is 38.3 Å². The normalized spacial score (nSPS) is 18.3. The summed E-state index contributed by atoms with van der Waals surface area (Å²) in [4.78, 5) is 23.1. The number of carbonyl (C=O) groups is 1. The van der Waals surface area contributed by atoms with E-state index in [2.05, 4.69) is 21.9 Å². The summed E-state index contributed by atoms with van der Waals surface area (Å²) in [6.45, 7) is 5.25. The summed E-state index contributed by atoms with van der Waals surface area (Å²) in [6, 6.07) is 18.9. The average molecular weight is 430 g/mol. The molecule has 0 spiro atoms. The Labute approximate surface area is 190 Å². The van der Waals surface area contributed by atoms with Crippen LogP contribution in [0.25, 0.3) is 22.0 Å². The number of methoxy groups -OCH3 is 1. The number of likely N-dealkylation sites (tertiary alicyclic amines) is 2. The highest BCUT2D eigenvalue weighted by atomic mass is 16.5. The molecule has 3 aromatic rings. The third-order valence-electron chi connectivity index (χ3n) is 7.01. The van der Waals surface area contributed by atoms with Gasteiger partial charge in [0.25, 0.3) is 0 Å². The van der Waals surface area contributed by atoms with E-state index in [0.29, 0.717) is 18.2 Å². The molecule has 2 aliphatic heterocycles. The third kappa shape index (κ3) is 4.15. The van der Waals surface area contributed by atoms with Crippen molar-refractivity contribution < 1.29 is 9.53 Å². The van der Waals surface area contributed by atoms with Crippen LogP contribution in [0, 0.1) is 0 Å². The number of piperidine rings is 1. The number of carbonyl (C=O) groups excluding carboxylic acids is 1. The van der Waals surface area contributed by atoms with Gasteiger partial charge in [-0.25, -0.2) is 4.79 Å². The summed E-state index contributed by atoms with van der Waals surface area (Å²) in [5.41, 5.74) is 4.26. The van der Waals surface area contributed by atoms with Crippen LogP contribution in [0.5, 0.6) is 0 Å². The number of rotatable bonds is 5. The largest absolute Gasteiger partial charge is 0.465 e. The molecule has 0 saturated carbocycles. The smallest absolute Gasteiger partial charge is 0.340 e. The zero-order valence-electron chi connectivity index (χ0n) is 18.8. The van der Waals surface area contributed by atoms with Crippen molar-refractivity contribution >= 4 is 16.9 Å². The number of para-hydroxylation sites is 1. The number of pyridine rings is 1. The highest BCUT2D eigenvalue weighted by Gasteiger charge is 2.29. The Morgan fingerprint density at radius 3 is 2.38 bits per heavy atom. The van der Waals surface area contributed by atoms with Crippen LogP contribution in [0.15, 0.2) is 54.6 Å². The topological polar surface area (TPSA) is 45.7 Å². The molecule has 1 aromatic heterocycles. The maximum Gasteiger partial charge on any atom is 0.340 e. The lowest BCUT2D eigenvalue weighted by Crippen LogP contribution is -2.43. The molecule has 2 aliphatic rings. The molecule has 0 atom stereocenters. The number of hydrogen-bond donors (Lipinski definition) is 0. The van der Waals surface area contributed by atoms with Crippen LogP contribution < -0.4 is 0 Å². The summed E-state index contributed by atoms with van der Waals surface area (Å²) in [5, 5.41) is 0.982. The van der Waals surface area contributed by atoms with Gasteiger partial charge >= 0.3 is 5.97 Å². The second kappa shape index (κ2) is 9.39. The molecular formula is C27H31N3O2. The minimum absolute atomic E-state index is 0.316. The second-order valence-electron chi connectivity index (χ2n) is 8.93. The van der Waals surface area contributed by atoms with Crippen LogP contribution in [0.3, 0.4) is 0 Å². The Balaban J connectivity index is 1.51. The van der Waals surface area contributed by atoms with Gasteiger partial charge in [0.15, 0.2) is 0 Å². The Kier molecular flexibility index (Phi) is 6.19. The number of aromatic nitrogens is 1. The van der Waals surface area contributed by atoms with Gasteiger partial charge in [0.1, 0.15) is 0 Å². The van der Waals surface area contributed by atoms with E-state index in [1.165, 1.54) is 45.9 Å². The van der Waals surface area contributed by atoms with Crippen LogP contribution in [0.4, 0.5) is 0 Å². The van der Waals surface area contributed by atoms with Gasteiger partial charge in [-0.05, 0) is 50.4 Å². The van der Waals surface area contributed by atoms with E-state index in [-0.39, 0.29) is 5.97 Å². The van der Waals surface area contributed by atoms with Gasteiger partial charge in [-0.1, -0.05) is 48.5 Å². The molecule has 0 unspecified atom stereocenters. The Morgan fingerprint density at radius 1 is 0.969 bits per heavy atom. The molecular weight excluding hydrogens is 398 g/mol. The Morgan fingerprint density at radius 2 is 1.66 bits per heavy atom. The predicted molar refractivity (Wildman–Crippen MR) is 128 cm³/mol. The van der Waals surface area contributed by atoms with Crippen LogP contribution in [-0.2, 0) is 11.3 Å². The minimum atomic E-state index is -0.316. The van der Waals surface area contributed by atoms with Gasteiger partial charge in [-0.2, -0.15) is 0 Å². The number of nitrogens with zero attached hydrogens (tertiary/aromatic N) is 3. The van der Waals surface area contributed by atoms with E-state index in [4.69, 9.17) is 9.72 Å². The molecule has 0 N–H and O–H groups in total. The number of benzene rings is 2. The summed E-state index contributed by atoms with van der Waals surface area (Å²) in [7, 11) is 1.46. The summed E-state index contributed by atoms with van der Waals surface area (Å²) < 4.78 is 5.26. The van der Waals surface area contributed by atoms with Crippen molar-refractivity contribution in [1.82, 2.24) is 14.8 Å². The fourth-order valence-electron chi connectivity index (χ4n) is 5.36. The zero-order chi connectivity index (χ0) is 21.9. The summed E-state index contributed by atoms with van der Waals surface area (Å²) in [6.07, 6.45) is 5.05. The number of ether oxygens (including phenoxy) is 1. The van der Waals surface area contributed by atoms with Crippen molar-refractivity contribution in [3.8, 4) is 11.1 Å². The van der Waals surface area contributed by atoms with Gasteiger partial charge in [0.05, 0.1) is 23.9 Å². The highest BCUT2D eigenvalue weighted by Crippen LogP contribution is 2.34. The molecule has 0 aliphatic carbocycles. The van der Waals surface area contributed by atoms with Crippen molar-refractivity contribution in [2.24, 2.45) is 0 Å². The first-order valence-electron chi connectivity index (χ1n) is 11.8. The monoisotopic (exact) mass is 429 g/mol. The fraction of sp³-hybridized carbons (Fsp3) is 0.407. The first-order valence-corrected chi connectivity index (χ1v) is 11.8. The van der Waals surface area contributed by atoms with Gasteiger partial charge in [-0.15, -0.1) is 0 Å². The van der Waals surface area contributed by atoms with Crippen molar-refractivity contribution in [1.29, 1.82) is 0 Å².